The van der Waals surface area contributed by atoms with Gasteiger partial charge in [0.15, 0.2) is 11.5 Å². The Bertz CT molecular complexity index is 1050. The maximum Gasteiger partial charge on any atom is 0.200 e. The van der Waals surface area contributed by atoms with Gasteiger partial charge in [-0.3, -0.25) is 5.10 Å². The fourth-order valence-corrected chi connectivity index (χ4v) is 3.29. The van der Waals surface area contributed by atoms with Gasteiger partial charge in [-0.05, 0) is 37.5 Å². The number of benzene rings is 1. The minimum Gasteiger partial charge on any atom is -0.274 e. The molecular weight excluding hydrogens is 324 g/mol. The molecule has 0 fully saturated rings. The van der Waals surface area contributed by atoms with Crippen LogP contribution in [0.5, 0.6) is 0 Å². The van der Waals surface area contributed by atoms with Crippen LogP contribution in [0.2, 0.25) is 5.02 Å². The molecule has 1 aliphatic carbocycles. The van der Waals surface area contributed by atoms with Crippen LogP contribution in [-0.4, -0.2) is 29.8 Å². The smallest absolute Gasteiger partial charge is 0.200 e. The molecule has 0 radical (unpaired) electrons. The van der Waals surface area contributed by atoms with Gasteiger partial charge in [-0.2, -0.15) is 5.10 Å². The highest BCUT2D eigenvalue weighted by Crippen LogP contribution is 2.26. The first kappa shape index (κ1) is 13.7. The molecule has 0 aliphatic heterocycles. The minimum absolute atomic E-state index is 0.629. The van der Waals surface area contributed by atoms with Crippen molar-refractivity contribution in [3.8, 4) is 22.8 Å². The molecule has 3 heterocycles. The van der Waals surface area contributed by atoms with Crippen molar-refractivity contribution in [1.29, 1.82) is 0 Å². The Morgan fingerprint density at radius 1 is 1.12 bits per heavy atom. The van der Waals surface area contributed by atoms with Crippen molar-refractivity contribution in [2.75, 3.05) is 0 Å². The Labute approximate surface area is 142 Å². The maximum absolute atomic E-state index is 5.93. The van der Waals surface area contributed by atoms with Gasteiger partial charge in [0, 0.05) is 21.8 Å². The van der Waals surface area contributed by atoms with Crippen LogP contribution in [-0.2, 0) is 12.8 Å². The molecule has 5 rings (SSSR count). The number of nitrogens with one attached hydrogen (secondary N) is 1. The Hall–Kier alpha value is -2.73. The van der Waals surface area contributed by atoms with E-state index in [0.29, 0.717) is 10.8 Å². The molecule has 0 spiro atoms. The summed E-state index contributed by atoms with van der Waals surface area (Å²) in [6.45, 7) is 0. The Balaban J connectivity index is 1.57. The number of aromatic nitrogens is 6. The number of hydrogen-bond donors (Lipinski definition) is 1. The number of aryl methyl sites for hydroxylation is 2. The van der Waals surface area contributed by atoms with Crippen molar-refractivity contribution >= 4 is 17.2 Å². The molecule has 24 heavy (non-hydrogen) atoms. The van der Waals surface area contributed by atoms with Crippen LogP contribution in [0.1, 0.15) is 17.7 Å². The second-order valence-electron chi connectivity index (χ2n) is 5.90. The van der Waals surface area contributed by atoms with Crippen LogP contribution in [0.25, 0.3) is 28.4 Å². The first-order valence-electron chi connectivity index (χ1n) is 7.83. The second-order valence-corrected chi connectivity index (χ2v) is 6.34. The zero-order valence-corrected chi connectivity index (χ0v) is 13.5. The number of rotatable bonds is 2. The molecule has 0 saturated heterocycles. The zero-order valence-electron chi connectivity index (χ0n) is 12.7. The van der Waals surface area contributed by atoms with Crippen molar-refractivity contribution < 1.29 is 0 Å². The highest BCUT2D eigenvalue weighted by atomic mass is 35.5. The van der Waals surface area contributed by atoms with Crippen molar-refractivity contribution in [2.45, 2.75) is 19.3 Å². The van der Waals surface area contributed by atoms with E-state index in [2.05, 4.69) is 20.3 Å². The summed E-state index contributed by atoms with van der Waals surface area (Å²) in [5, 5.41) is 12.6. The van der Waals surface area contributed by atoms with Crippen LogP contribution in [0.3, 0.4) is 0 Å². The van der Waals surface area contributed by atoms with E-state index in [1.54, 1.807) is 10.8 Å². The number of fused-ring (bicyclic) bond motifs is 3. The third kappa shape index (κ3) is 2.11. The lowest BCUT2D eigenvalue weighted by atomic mass is 10.1. The molecule has 3 aromatic heterocycles. The van der Waals surface area contributed by atoms with Crippen LogP contribution in [0.4, 0.5) is 0 Å². The molecule has 0 unspecified atom stereocenters. The Morgan fingerprint density at radius 2 is 2.00 bits per heavy atom. The molecule has 0 amide bonds. The average molecular weight is 337 g/mol. The van der Waals surface area contributed by atoms with Gasteiger partial charge in [-0.15, -0.1) is 5.10 Å². The lowest BCUT2D eigenvalue weighted by molar-refractivity contribution is 0.887. The van der Waals surface area contributed by atoms with E-state index in [9.17, 15) is 0 Å². The fourth-order valence-electron chi connectivity index (χ4n) is 3.16. The first-order valence-corrected chi connectivity index (χ1v) is 8.20. The molecule has 7 heteroatoms. The van der Waals surface area contributed by atoms with Gasteiger partial charge >= 0.3 is 0 Å². The first-order chi connectivity index (χ1) is 11.8. The van der Waals surface area contributed by atoms with Crippen molar-refractivity contribution in [3.63, 3.8) is 0 Å². The Morgan fingerprint density at radius 3 is 2.88 bits per heavy atom. The largest absolute Gasteiger partial charge is 0.274 e. The van der Waals surface area contributed by atoms with Gasteiger partial charge in [0.25, 0.3) is 0 Å². The van der Waals surface area contributed by atoms with Crippen LogP contribution >= 0.6 is 11.6 Å². The van der Waals surface area contributed by atoms with Crippen LogP contribution in [0, 0.1) is 0 Å². The van der Waals surface area contributed by atoms with E-state index in [1.807, 2.05) is 30.3 Å². The van der Waals surface area contributed by atoms with Gasteiger partial charge in [-0.25, -0.2) is 14.5 Å². The van der Waals surface area contributed by atoms with Gasteiger partial charge in [0.1, 0.15) is 12.0 Å². The summed E-state index contributed by atoms with van der Waals surface area (Å²) in [6, 6.07) is 9.53. The molecule has 1 aliphatic rings. The van der Waals surface area contributed by atoms with Crippen LogP contribution < -0.4 is 0 Å². The molecule has 118 valence electrons. The van der Waals surface area contributed by atoms with E-state index in [-0.39, 0.29) is 0 Å². The number of halogens is 1. The summed E-state index contributed by atoms with van der Waals surface area (Å²) < 4.78 is 1.75. The average Bonchev–Trinajstić information content (AvgIpc) is 3.32. The van der Waals surface area contributed by atoms with Crippen molar-refractivity contribution in [2.24, 2.45) is 0 Å². The van der Waals surface area contributed by atoms with Crippen LogP contribution in [0.15, 0.2) is 36.7 Å². The van der Waals surface area contributed by atoms with Crippen molar-refractivity contribution in [3.05, 3.63) is 52.9 Å². The molecule has 0 bridgehead atoms. The summed E-state index contributed by atoms with van der Waals surface area (Å²) in [5.74, 6) is 0.629. The molecule has 6 nitrogen and oxygen atoms in total. The van der Waals surface area contributed by atoms with Gasteiger partial charge in [0.05, 0.1) is 5.69 Å². The van der Waals surface area contributed by atoms with Gasteiger partial charge in [-0.1, -0.05) is 23.7 Å². The van der Waals surface area contributed by atoms with Gasteiger partial charge < -0.3 is 0 Å². The van der Waals surface area contributed by atoms with Gasteiger partial charge in [0.2, 0.25) is 0 Å². The van der Waals surface area contributed by atoms with E-state index >= 15 is 0 Å². The third-order valence-electron chi connectivity index (χ3n) is 4.37. The fraction of sp³-hybridized carbons (Fsp3) is 0.176. The highest BCUT2D eigenvalue weighted by Gasteiger charge is 2.19. The molecule has 1 N–H and O–H groups in total. The standard InChI is InChI=1S/C17H13ClN6/c18-11-6-4-10(5-7-11)14-8-15(22-21-14)16-20-17-12-2-1-3-13(12)19-9-24(17)23-16/h4-9H,1-3H2,(H,21,22). The summed E-state index contributed by atoms with van der Waals surface area (Å²) in [5.41, 5.74) is 5.88. The predicted molar refractivity (Wildman–Crippen MR) is 90.8 cm³/mol. The van der Waals surface area contributed by atoms with E-state index in [1.165, 1.54) is 5.56 Å². The monoisotopic (exact) mass is 336 g/mol. The maximum atomic E-state index is 5.93. The lowest BCUT2D eigenvalue weighted by Crippen LogP contribution is -1.96. The van der Waals surface area contributed by atoms with E-state index < -0.39 is 0 Å². The number of nitrogens with zero attached hydrogens (tertiary/aromatic N) is 5. The summed E-state index contributed by atoms with van der Waals surface area (Å²) in [4.78, 5) is 9.17. The zero-order chi connectivity index (χ0) is 16.1. The van der Waals surface area contributed by atoms with Crippen molar-refractivity contribution in [1.82, 2.24) is 29.8 Å². The summed E-state index contributed by atoms with van der Waals surface area (Å²) >= 11 is 5.93. The highest BCUT2D eigenvalue weighted by molar-refractivity contribution is 6.30. The van der Waals surface area contributed by atoms with E-state index in [4.69, 9.17) is 16.6 Å². The minimum atomic E-state index is 0.629. The number of hydrogen-bond acceptors (Lipinski definition) is 4. The molecule has 1 aromatic carbocycles. The third-order valence-corrected chi connectivity index (χ3v) is 4.62. The summed E-state index contributed by atoms with van der Waals surface area (Å²) in [6.07, 6.45) is 4.92. The van der Waals surface area contributed by atoms with E-state index in [0.717, 1.165) is 47.6 Å². The molecule has 4 aromatic rings. The molecule has 0 saturated carbocycles. The predicted octanol–water partition coefficient (Wildman–Crippen LogP) is 3.32. The topological polar surface area (TPSA) is 71.8 Å². The quantitative estimate of drug-likeness (QED) is 0.609. The molecular formula is C17H13ClN6. The second kappa shape index (κ2) is 5.14. The number of aromatic amines is 1. The Kier molecular flexibility index (Phi) is 2.93. The SMILES string of the molecule is Clc1ccc(-c2cc(-c3nc4c5c(ncn4n3)CCC5)[nH]n2)cc1. The summed E-state index contributed by atoms with van der Waals surface area (Å²) in [7, 11) is 0. The normalized spacial score (nSPS) is 13.5. The molecule has 0 atom stereocenters. The lowest BCUT2D eigenvalue weighted by Gasteiger charge is -1.97. The number of H-pyrrole nitrogens is 1.